The highest BCUT2D eigenvalue weighted by molar-refractivity contribution is 5.27. The average molecular weight is 222 g/mol. The molecule has 0 bridgehead atoms. The van der Waals surface area contributed by atoms with Gasteiger partial charge in [0.1, 0.15) is 0 Å². The van der Waals surface area contributed by atoms with Gasteiger partial charge in [-0.25, -0.2) is 9.97 Å². The molecule has 90 valence electrons. The lowest BCUT2D eigenvalue weighted by molar-refractivity contribution is 0.284. The van der Waals surface area contributed by atoms with Crippen LogP contribution in [0.2, 0.25) is 0 Å². The molecule has 0 spiro atoms. The Labute approximate surface area is 98.1 Å². The summed E-state index contributed by atoms with van der Waals surface area (Å²) >= 11 is 0. The van der Waals surface area contributed by atoms with Crippen molar-refractivity contribution in [2.24, 2.45) is 0 Å². The van der Waals surface area contributed by atoms with E-state index in [1.807, 2.05) is 19.9 Å². The van der Waals surface area contributed by atoms with Crippen LogP contribution in [0, 0.1) is 13.8 Å². The molecule has 1 aromatic heterocycles. The largest absolute Gasteiger partial charge is 0.353 e. The summed E-state index contributed by atoms with van der Waals surface area (Å²) < 4.78 is 0. The number of nitrogens with zero attached hydrogens (tertiary/aromatic N) is 3. The molecule has 1 heterocycles. The van der Waals surface area contributed by atoms with Crippen LogP contribution in [0.5, 0.6) is 0 Å². The van der Waals surface area contributed by atoms with Crippen LogP contribution in [0.3, 0.4) is 0 Å². The summed E-state index contributed by atoms with van der Waals surface area (Å²) in [5, 5.41) is 3.25. The zero-order chi connectivity index (χ0) is 12.1. The van der Waals surface area contributed by atoms with E-state index >= 15 is 0 Å². The van der Waals surface area contributed by atoms with Crippen LogP contribution in [0.25, 0.3) is 0 Å². The van der Waals surface area contributed by atoms with E-state index in [0.717, 1.165) is 30.4 Å². The van der Waals surface area contributed by atoms with Crippen molar-refractivity contribution < 1.29 is 0 Å². The first-order chi connectivity index (χ1) is 7.49. The summed E-state index contributed by atoms with van der Waals surface area (Å²) in [5.41, 5.74) is 2.01. The number of hydrogen-bond acceptors (Lipinski definition) is 4. The van der Waals surface area contributed by atoms with Gasteiger partial charge in [0.2, 0.25) is 5.95 Å². The number of likely N-dealkylation sites (N-methyl/N-ethyl adjacent to an activating group) is 1. The Morgan fingerprint density at radius 2 is 1.81 bits per heavy atom. The Hall–Kier alpha value is -1.16. The van der Waals surface area contributed by atoms with E-state index in [4.69, 9.17) is 0 Å². The van der Waals surface area contributed by atoms with Crippen LogP contribution in [-0.4, -0.2) is 41.0 Å². The predicted octanol–water partition coefficient (Wildman–Crippen LogP) is 1.85. The zero-order valence-corrected chi connectivity index (χ0v) is 10.9. The van der Waals surface area contributed by atoms with E-state index < -0.39 is 0 Å². The summed E-state index contributed by atoms with van der Waals surface area (Å²) in [6.07, 6.45) is 0. The third-order valence-corrected chi connectivity index (χ3v) is 2.61. The molecule has 0 aliphatic carbocycles. The third-order valence-electron chi connectivity index (χ3n) is 2.61. The molecule has 1 rings (SSSR count). The first kappa shape index (κ1) is 12.9. The predicted molar refractivity (Wildman–Crippen MR) is 67.8 cm³/mol. The molecule has 4 heteroatoms. The van der Waals surface area contributed by atoms with Gasteiger partial charge in [0.25, 0.3) is 0 Å². The Balaban J connectivity index is 2.43. The minimum absolute atomic E-state index is 0.571. The molecule has 16 heavy (non-hydrogen) atoms. The summed E-state index contributed by atoms with van der Waals surface area (Å²) in [4.78, 5) is 11.0. The minimum atomic E-state index is 0.571. The third kappa shape index (κ3) is 4.14. The number of rotatable bonds is 5. The van der Waals surface area contributed by atoms with Crippen LogP contribution < -0.4 is 5.32 Å². The molecule has 1 aromatic rings. The van der Waals surface area contributed by atoms with Crippen molar-refractivity contribution in [3.63, 3.8) is 0 Å². The molecule has 0 radical (unpaired) electrons. The first-order valence-corrected chi connectivity index (χ1v) is 5.75. The zero-order valence-electron chi connectivity index (χ0n) is 10.9. The summed E-state index contributed by atoms with van der Waals surface area (Å²) in [7, 11) is 2.12. The molecule has 0 aliphatic rings. The maximum Gasteiger partial charge on any atom is 0.223 e. The van der Waals surface area contributed by atoms with Gasteiger partial charge in [0.05, 0.1) is 0 Å². The first-order valence-electron chi connectivity index (χ1n) is 5.75. The smallest absolute Gasteiger partial charge is 0.223 e. The number of anilines is 1. The van der Waals surface area contributed by atoms with Gasteiger partial charge >= 0.3 is 0 Å². The van der Waals surface area contributed by atoms with Crippen molar-refractivity contribution in [3.05, 3.63) is 17.5 Å². The Bertz CT molecular complexity index is 316. The van der Waals surface area contributed by atoms with E-state index in [1.54, 1.807) is 0 Å². The highest BCUT2D eigenvalue weighted by atomic mass is 15.2. The lowest BCUT2D eigenvalue weighted by atomic mass is 10.3. The lowest BCUT2D eigenvalue weighted by Gasteiger charge is -2.20. The maximum atomic E-state index is 4.33. The monoisotopic (exact) mass is 222 g/mol. The van der Waals surface area contributed by atoms with Crippen molar-refractivity contribution in [2.45, 2.75) is 33.7 Å². The van der Waals surface area contributed by atoms with Crippen molar-refractivity contribution in [2.75, 3.05) is 25.5 Å². The van der Waals surface area contributed by atoms with Crippen LogP contribution >= 0.6 is 0 Å². The van der Waals surface area contributed by atoms with Gasteiger partial charge in [-0.2, -0.15) is 0 Å². The molecule has 0 unspecified atom stereocenters. The SMILES string of the molecule is Cc1cc(C)nc(NCCN(C)C(C)C)n1. The Morgan fingerprint density at radius 3 is 2.31 bits per heavy atom. The van der Waals surface area contributed by atoms with Crippen LogP contribution in [0.1, 0.15) is 25.2 Å². The summed E-state index contributed by atoms with van der Waals surface area (Å²) in [6.45, 7) is 10.2. The summed E-state index contributed by atoms with van der Waals surface area (Å²) in [5.74, 6) is 0.731. The second-order valence-electron chi connectivity index (χ2n) is 4.48. The molecule has 0 fully saturated rings. The fourth-order valence-corrected chi connectivity index (χ4v) is 1.41. The van der Waals surface area contributed by atoms with E-state index in [1.165, 1.54) is 0 Å². The average Bonchev–Trinajstić information content (AvgIpc) is 2.15. The van der Waals surface area contributed by atoms with Gasteiger partial charge in [-0.1, -0.05) is 0 Å². The van der Waals surface area contributed by atoms with Gasteiger partial charge in [-0.05, 0) is 40.8 Å². The van der Waals surface area contributed by atoms with E-state index in [9.17, 15) is 0 Å². The fourth-order valence-electron chi connectivity index (χ4n) is 1.41. The maximum absolute atomic E-state index is 4.33. The summed E-state index contributed by atoms with van der Waals surface area (Å²) in [6, 6.07) is 2.55. The molecule has 0 saturated heterocycles. The van der Waals surface area contributed by atoms with Crippen molar-refractivity contribution in [3.8, 4) is 0 Å². The highest BCUT2D eigenvalue weighted by Crippen LogP contribution is 2.03. The molecule has 0 atom stereocenters. The van der Waals surface area contributed by atoms with Crippen molar-refractivity contribution in [1.82, 2.24) is 14.9 Å². The van der Waals surface area contributed by atoms with Crippen LogP contribution in [0.15, 0.2) is 6.07 Å². The standard InChI is InChI=1S/C12H22N4/c1-9(2)16(5)7-6-13-12-14-10(3)8-11(4)15-12/h8-9H,6-7H2,1-5H3,(H,13,14,15). The number of aromatic nitrogens is 2. The number of hydrogen-bond donors (Lipinski definition) is 1. The molecular formula is C12H22N4. The second-order valence-corrected chi connectivity index (χ2v) is 4.48. The topological polar surface area (TPSA) is 41.1 Å². The molecule has 0 saturated carbocycles. The fraction of sp³-hybridized carbons (Fsp3) is 0.667. The Kier molecular flexibility index (Phi) is 4.68. The van der Waals surface area contributed by atoms with Crippen molar-refractivity contribution in [1.29, 1.82) is 0 Å². The van der Waals surface area contributed by atoms with Crippen molar-refractivity contribution >= 4 is 5.95 Å². The van der Waals surface area contributed by atoms with Gasteiger partial charge in [0.15, 0.2) is 0 Å². The molecular weight excluding hydrogens is 200 g/mol. The van der Waals surface area contributed by atoms with Gasteiger partial charge in [0, 0.05) is 30.5 Å². The number of aryl methyl sites for hydroxylation is 2. The van der Waals surface area contributed by atoms with Gasteiger partial charge in [-0.15, -0.1) is 0 Å². The highest BCUT2D eigenvalue weighted by Gasteiger charge is 2.03. The van der Waals surface area contributed by atoms with E-state index in [0.29, 0.717) is 6.04 Å². The molecule has 0 aliphatic heterocycles. The van der Waals surface area contributed by atoms with Crippen LogP contribution in [-0.2, 0) is 0 Å². The van der Waals surface area contributed by atoms with Crippen LogP contribution in [0.4, 0.5) is 5.95 Å². The van der Waals surface area contributed by atoms with Gasteiger partial charge < -0.3 is 10.2 Å². The second kappa shape index (κ2) is 5.80. The quantitative estimate of drug-likeness (QED) is 0.825. The normalized spacial score (nSPS) is 11.2. The molecule has 1 N–H and O–H groups in total. The molecule has 0 aromatic carbocycles. The van der Waals surface area contributed by atoms with Gasteiger partial charge in [-0.3, -0.25) is 0 Å². The Morgan fingerprint density at radius 1 is 1.25 bits per heavy atom. The molecule has 4 nitrogen and oxygen atoms in total. The molecule has 0 amide bonds. The lowest BCUT2D eigenvalue weighted by Crippen LogP contribution is -2.31. The minimum Gasteiger partial charge on any atom is -0.353 e. The number of nitrogens with one attached hydrogen (secondary N) is 1. The van der Waals surface area contributed by atoms with E-state index in [2.05, 4.69) is 41.1 Å². The van der Waals surface area contributed by atoms with E-state index in [-0.39, 0.29) is 0 Å².